The lowest BCUT2D eigenvalue weighted by molar-refractivity contribution is -0.141. The first-order valence-electron chi connectivity index (χ1n) is 10.1. The van der Waals surface area contributed by atoms with E-state index in [1.54, 1.807) is 12.1 Å². The molecule has 1 saturated heterocycles. The van der Waals surface area contributed by atoms with Gasteiger partial charge in [0.1, 0.15) is 11.6 Å². The van der Waals surface area contributed by atoms with Gasteiger partial charge in [0.25, 0.3) is 0 Å². The minimum absolute atomic E-state index is 0.108. The lowest BCUT2D eigenvalue weighted by Crippen LogP contribution is -2.54. The van der Waals surface area contributed by atoms with E-state index in [4.69, 9.17) is 0 Å². The number of urea groups is 1. The second-order valence-corrected chi connectivity index (χ2v) is 8.74. The number of nitrogens with zero attached hydrogens (tertiary/aromatic N) is 4. The minimum Gasteiger partial charge on any atom is -0.330 e. The van der Waals surface area contributed by atoms with Crippen molar-refractivity contribution in [3.05, 3.63) is 47.4 Å². The van der Waals surface area contributed by atoms with Crippen LogP contribution in [0.4, 0.5) is 28.2 Å². The molecule has 168 valence electrons. The quantitative estimate of drug-likeness (QED) is 0.739. The molecule has 6 nitrogen and oxygen atoms in total. The van der Waals surface area contributed by atoms with Crippen LogP contribution in [0.25, 0.3) is 0 Å². The summed E-state index contributed by atoms with van der Waals surface area (Å²) in [5.74, 6) is -0.188. The number of hydrogen-bond acceptors (Lipinski definition) is 3. The summed E-state index contributed by atoms with van der Waals surface area (Å²) < 4.78 is 54.1. The molecule has 1 aliphatic heterocycles. The number of benzene rings is 1. The number of hydrogen-bond donors (Lipinski definition) is 1. The standard InChI is InChI=1S/C21H25F4N5O/c1-28(2)20(14-5-4-6-15(22)11-14)9-7-19(8-10-20)13-30(18(31)26-19)17-12-16(21(23,24)25)27-29(17)3/h4-6,11-12H,7-10,13H2,1-3H3,(H,26,31)/t19-,20-. The summed E-state index contributed by atoms with van der Waals surface area (Å²) in [5, 5.41) is 6.52. The number of aromatic nitrogens is 2. The fourth-order valence-corrected chi connectivity index (χ4v) is 4.94. The average molecular weight is 439 g/mol. The predicted octanol–water partition coefficient (Wildman–Crippen LogP) is 3.88. The van der Waals surface area contributed by atoms with Crippen molar-refractivity contribution in [1.29, 1.82) is 0 Å². The molecule has 1 aliphatic carbocycles. The zero-order valence-corrected chi connectivity index (χ0v) is 17.6. The van der Waals surface area contributed by atoms with E-state index >= 15 is 0 Å². The Labute approximate surface area is 177 Å². The van der Waals surface area contributed by atoms with E-state index in [1.165, 1.54) is 18.0 Å². The fourth-order valence-electron chi connectivity index (χ4n) is 4.94. The first kappa shape index (κ1) is 21.6. The highest BCUT2D eigenvalue weighted by Gasteiger charge is 2.51. The van der Waals surface area contributed by atoms with Crippen LogP contribution in [0.1, 0.15) is 36.9 Å². The number of rotatable bonds is 3. The summed E-state index contributed by atoms with van der Waals surface area (Å²) in [5.41, 5.74) is -1.07. The second-order valence-electron chi connectivity index (χ2n) is 8.74. The number of carbonyl (C=O) groups is 1. The number of carbonyl (C=O) groups excluding carboxylic acids is 1. The van der Waals surface area contributed by atoms with E-state index in [2.05, 4.69) is 15.3 Å². The largest absolute Gasteiger partial charge is 0.435 e. The van der Waals surface area contributed by atoms with Gasteiger partial charge in [-0.25, -0.2) is 9.18 Å². The van der Waals surface area contributed by atoms with Crippen LogP contribution >= 0.6 is 0 Å². The van der Waals surface area contributed by atoms with Crippen molar-refractivity contribution in [2.45, 2.75) is 42.9 Å². The highest BCUT2D eigenvalue weighted by atomic mass is 19.4. The number of amides is 2. The van der Waals surface area contributed by atoms with Crippen LogP contribution in [0.3, 0.4) is 0 Å². The van der Waals surface area contributed by atoms with Crippen LogP contribution in [-0.4, -0.2) is 46.9 Å². The third-order valence-electron chi connectivity index (χ3n) is 6.75. The van der Waals surface area contributed by atoms with Crippen LogP contribution in [-0.2, 0) is 18.8 Å². The van der Waals surface area contributed by atoms with Gasteiger partial charge < -0.3 is 5.32 Å². The monoisotopic (exact) mass is 439 g/mol. The van der Waals surface area contributed by atoms with Gasteiger partial charge in [-0.3, -0.25) is 14.5 Å². The third-order valence-corrected chi connectivity index (χ3v) is 6.75. The van der Waals surface area contributed by atoms with Crippen molar-refractivity contribution in [1.82, 2.24) is 20.0 Å². The van der Waals surface area contributed by atoms with Crippen LogP contribution in [0.2, 0.25) is 0 Å². The van der Waals surface area contributed by atoms with Crippen molar-refractivity contribution in [2.75, 3.05) is 25.5 Å². The first-order valence-corrected chi connectivity index (χ1v) is 10.1. The average Bonchev–Trinajstić information content (AvgIpc) is 3.22. The molecule has 2 heterocycles. The molecule has 1 N–H and O–H groups in total. The molecule has 1 aromatic carbocycles. The molecule has 1 spiro atoms. The zero-order valence-electron chi connectivity index (χ0n) is 17.6. The highest BCUT2D eigenvalue weighted by Crippen LogP contribution is 2.46. The Kier molecular flexibility index (Phi) is 5.03. The molecular formula is C21H25F4N5O. The number of anilines is 1. The SMILES string of the molecule is Cn1nc(C(F)(F)F)cc1N1C[C@]2(CC[C@@](c3cccc(F)c3)(N(C)C)CC2)NC1=O. The van der Waals surface area contributed by atoms with Gasteiger partial charge in [-0.05, 0) is 57.5 Å². The van der Waals surface area contributed by atoms with E-state index in [0.717, 1.165) is 16.3 Å². The summed E-state index contributed by atoms with van der Waals surface area (Å²) >= 11 is 0. The van der Waals surface area contributed by atoms with Crippen LogP contribution in [0.15, 0.2) is 30.3 Å². The minimum atomic E-state index is -4.58. The molecule has 10 heteroatoms. The van der Waals surface area contributed by atoms with Gasteiger partial charge >= 0.3 is 12.2 Å². The van der Waals surface area contributed by atoms with Crippen molar-refractivity contribution in [3.63, 3.8) is 0 Å². The fraction of sp³-hybridized carbons (Fsp3) is 0.524. The van der Waals surface area contributed by atoms with Crippen LogP contribution in [0, 0.1) is 5.82 Å². The topological polar surface area (TPSA) is 53.4 Å². The number of nitrogens with one attached hydrogen (secondary N) is 1. The Morgan fingerprint density at radius 2 is 1.81 bits per heavy atom. The molecule has 1 saturated carbocycles. The van der Waals surface area contributed by atoms with E-state index < -0.39 is 23.4 Å². The molecule has 0 unspecified atom stereocenters. The van der Waals surface area contributed by atoms with Gasteiger partial charge in [-0.15, -0.1) is 0 Å². The molecule has 0 radical (unpaired) electrons. The van der Waals surface area contributed by atoms with Gasteiger partial charge in [0.05, 0.1) is 12.1 Å². The van der Waals surface area contributed by atoms with Gasteiger partial charge in [0.2, 0.25) is 0 Å². The van der Waals surface area contributed by atoms with Crippen LogP contribution < -0.4 is 10.2 Å². The molecular weight excluding hydrogens is 414 g/mol. The molecule has 2 fully saturated rings. The van der Waals surface area contributed by atoms with E-state index in [9.17, 15) is 22.4 Å². The molecule has 2 amide bonds. The van der Waals surface area contributed by atoms with Crippen molar-refractivity contribution in [3.8, 4) is 0 Å². The molecule has 1 aromatic heterocycles. The Morgan fingerprint density at radius 3 is 2.35 bits per heavy atom. The lowest BCUT2D eigenvalue weighted by Gasteiger charge is -2.48. The number of alkyl halides is 3. The van der Waals surface area contributed by atoms with E-state index in [1.807, 2.05) is 20.2 Å². The summed E-state index contributed by atoms with van der Waals surface area (Å²) in [6.07, 6.45) is -1.99. The summed E-state index contributed by atoms with van der Waals surface area (Å²) in [6, 6.07) is 7.04. The maximum absolute atomic E-state index is 13.9. The predicted molar refractivity (Wildman–Crippen MR) is 107 cm³/mol. The Bertz CT molecular complexity index is 992. The summed E-state index contributed by atoms with van der Waals surface area (Å²) in [7, 11) is 5.30. The van der Waals surface area contributed by atoms with Crippen molar-refractivity contribution >= 4 is 11.8 Å². The maximum atomic E-state index is 13.9. The van der Waals surface area contributed by atoms with Crippen LogP contribution in [0.5, 0.6) is 0 Å². The Balaban J connectivity index is 1.57. The maximum Gasteiger partial charge on any atom is 0.435 e. The van der Waals surface area contributed by atoms with Crippen molar-refractivity contribution < 1.29 is 22.4 Å². The van der Waals surface area contributed by atoms with Crippen molar-refractivity contribution in [2.24, 2.45) is 7.05 Å². The molecule has 4 rings (SSSR count). The highest BCUT2D eigenvalue weighted by molar-refractivity contribution is 5.94. The number of aryl methyl sites for hydroxylation is 1. The molecule has 0 atom stereocenters. The Hall–Kier alpha value is -2.62. The molecule has 2 aromatic rings. The summed E-state index contributed by atoms with van der Waals surface area (Å²) in [4.78, 5) is 16.1. The second kappa shape index (κ2) is 7.22. The first-order chi connectivity index (χ1) is 14.5. The number of halogens is 4. The zero-order chi connectivity index (χ0) is 22.6. The lowest BCUT2D eigenvalue weighted by atomic mass is 9.69. The van der Waals surface area contributed by atoms with E-state index in [0.29, 0.717) is 25.7 Å². The molecule has 31 heavy (non-hydrogen) atoms. The van der Waals surface area contributed by atoms with Gasteiger partial charge in [-0.1, -0.05) is 12.1 Å². The Morgan fingerprint density at radius 1 is 1.13 bits per heavy atom. The third kappa shape index (κ3) is 3.66. The van der Waals surface area contributed by atoms with E-state index in [-0.39, 0.29) is 23.7 Å². The van der Waals surface area contributed by atoms with Gasteiger partial charge in [-0.2, -0.15) is 18.3 Å². The molecule has 2 aliphatic rings. The summed E-state index contributed by atoms with van der Waals surface area (Å²) in [6.45, 7) is 0.259. The normalized spacial score (nSPS) is 26.7. The van der Waals surface area contributed by atoms with Gasteiger partial charge in [0, 0.05) is 18.7 Å². The molecule has 0 bridgehead atoms. The van der Waals surface area contributed by atoms with Gasteiger partial charge in [0.15, 0.2) is 5.69 Å². The smallest absolute Gasteiger partial charge is 0.330 e.